The zero-order valence-corrected chi connectivity index (χ0v) is 17.7. The summed E-state index contributed by atoms with van der Waals surface area (Å²) in [5.41, 5.74) is 0. The maximum absolute atomic E-state index is 12.9. The molecule has 5 rings (SSSR count). The van der Waals surface area contributed by atoms with Gasteiger partial charge in [-0.3, -0.25) is 4.79 Å². The van der Waals surface area contributed by atoms with E-state index in [2.05, 4.69) is 4.72 Å². The van der Waals surface area contributed by atoms with Crippen LogP contribution in [0.2, 0.25) is 0 Å². The van der Waals surface area contributed by atoms with Crippen molar-refractivity contribution in [2.75, 3.05) is 26.0 Å². The Hall–Kier alpha value is -1.39. The number of carbonyl (C=O) groups excluding carboxylic acids is 2. The monoisotopic (exact) mass is 429 g/mol. The van der Waals surface area contributed by atoms with Crippen molar-refractivity contribution >= 4 is 22.0 Å². The summed E-state index contributed by atoms with van der Waals surface area (Å²) in [6, 6.07) is -0.422. The zero-order chi connectivity index (χ0) is 20.6. The van der Waals surface area contributed by atoms with E-state index in [9.17, 15) is 18.0 Å². The molecule has 0 aromatic carbocycles. The number of nitrogens with one attached hydrogen (secondary N) is 1. The number of sulfonamides is 1. The van der Waals surface area contributed by atoms with E-state index in [-0.39, 0.29) is 37.3 Å². The molecule has 2 aliphatic carbocycles. The van der Waals surface area contributed by atoms with Crippen molar-refractivity contribution in [2.24, 2.45) is 0 Å². The van der Waals surface area contributed by atoms with E-state index in [1.54, 1.807) is 4.90 Å². The summed E-state index contributed by atoms with van der Waals surface area (Å²) in [4.78, 5) is 29.1. The summed E-state index contributed by atoms with van der Waals surface area (Å²) >= 11 is 0. The highest BCUT2D eigenvalue weighted by molar-refractivity contribution is 7.88. The number of carbonyl (C=O) groups is 2. The van der Waals surface area contributed by atoms with Crippen molar-refractivity contribution in [3.8, 4) is 0 Å². The molecule has 1 N–H and O–H groups in total. The smallest absolute Gasteiger partial charge is 0.410 e. The molecule has 10 heteroatoms. The minimum atomic E-state index is -3.41. The lowest BCUT2D eigenvalue weighted by molar-refractivity contribution is -0.141. The summed E-state index contributed by atoms with van der Waals surface area (Å²) in [5, 5.41) is 0. The Balaban J connectivity index is 1.55. The molecular formula is C19H31N3O6S. The van der Waals surface area contributed by atoms with Crippen molar-refractivity contribution in [1.29, 1.82) is 0 Å². The summed E-state index contributed by atoms with van der Waals surface area (Å²) in [6.07, 6.45) is 7.55. The molecule has 3 aliphatic heterocycles. The number of fused-ring (bicyclic) bond motifs is 7. The number of amides is 2. The minimum Gasteiger partial charge on any atom is -0.439 e. The Morgan fingerprint density at radius 2 is 1.66 bits per heavy atom. The molecule has 2 atom stereocenters. The van der Waals surface area contributed by atoms with Crippen LogP contribution in [0.25, 0.3) is 0 Å². The fourth-order valence-electron chi connectivity index (χ4n) is 4.94. The molecule has 0 radical (unpaired) electrons. The van der Waals surface area contributed by atoms with Crippen molar-refractivity contribution in [2.45, 2.75) is 81.6 Å². The van der Waals surface area contributed by atoms with Gasteiger partial charge in [0.1, 0.15) is 0 Å². The molecule has 3 heterocycles. The van der Waals surface area contributed by atoms with E-state index in [0.717, 1.165) is 44.8 Å². The number of nitrogens with zero attached hydrogens (tertiary/aromatic N) is 2. The Bertz CT molecular complexity index is 732. The molecule has 3 saturated heterocycles. The van der Waals surface area contributed by atoms with Crippen LogP contribution >= 0.6 is 0 Å². The van der Waals surface area contributed by atoms with Crippen LogP contribution in [0.5, 0.6) is 0 Å². The van der Waals surface area contributed by atoms with Gasteiger partial charge in [-0.15, -0.1) is 0 Å². The predicted molar refractivity (Wildman–Crippen MR) is 105 cm³/mol. The van der Waals surface area contributed by atoms with Crippen LogP contribution < -0.4 is 4.72 Å². The fraction of sp³-hybridized carbons (Fsp3) is 0.895. The highest BCUT2D eigenvalue weighted by Gasteiger charge is 2.42. The van der Waals surface area contributed by atoms with E-state index in [0.29, 0.717) is 19.4 Å². The first-order valence-electron chi connectivity index (χ1n) is 10.7. The van der Waals surface area contributed by atoms with Gasteiger partial charge in [-0.1, -0.05) is 0 Å². The first-order chi connectivity index (χ1) is 13.8. The van der Waals surface area contributed by atoms with Crippen LogP contribution in [-0.4, -0.2) is 86.5 Å². The topological polar surface area (TPSA) is 105 Å². The molecule has 1 unspecified atom stereocenters. The largest absolute Gasteiger partial charge is 0.439 e. The molecule has 2 saturated carbocycles. The van der Waals surface area contributed by atoms with Crippen LogP contribution in [0, 0.1) is 0 Å². The Morgan fingerprint density at radius 1 is 1.00 bits per heavy atom. The summed E-state index contributed by atoms with van der Waals surface area (Å²) in [6.45, 7) is 0.473. The summed E-state index contributed by atoms with van der Waals surface area (Å²) < 4.78 is 37.9. The van der Waals surface area contributed by atoms with Gasteiger partial charge in [-0.05, 0) is 51.4 Å². The van der Waals surface area contributed by atoms with Crippen molar-refractivity contribution in [1.82, 2.24) is 14.5 Å². The van der Waals surface area contributed by atoms with Crippen LogP contribution in [0.3, 0.4) is 0 Å². The maximum atomic E-state index is 12.9. The Kier molecular flexibility index (Phi) is 6.04. The number of rotatable bonds is 3. The second-order valence-electron chi connectivity index (χ2n) is 8.75. The minimum absolute atomic E-state index is 0.0711. The molecule has 164 valence electrons. The van der Waals surface area contributed by atoms with E-state index in [4.69, 9.17) is 9.47 Å². The van der Waals surface area contributed by atoms with Gasteiger partial charge in [0.15, 0.2) is 6.61 Å². The number of hydrogen-bond donors (Lipinski definition) is 1. The summed E-state index contributed by atoms with van der Waals surface area (Å²) in [7, 11) is -3.41. The van der Waals surface area contributed by atoms with Crippen LogP contribution in [-0.2, 0) is 24.3 Å². The Morgan fingerprint density at radius 3 is 2.28 bits per heavy atom. The maximum Gasteiger partial charge on any atom is 0.410 e. The van der Waals surface area contributed by atoms with Gasteiger partial charge in [0.2, 0.25) is 10.0 Å². The van der Waals surface area contributed by atoms with E-state index in [1.807, 2.05) is 4.90 Å². The van der Waals surface area contributed by atoms with Crippen molar-refractivity contribution in [3.63, 3.8) is 0 Å². The molecule has 29 heavy (non-hydrogen) atoms. The molecule has 5 fully saturated rings. The van der Waals surface area contributed by atoms with Crippen LogP contribution in [0.15, 0.2) is 0 Å². The number of ether oxygens (including phenoxy) is 2. The average Bonchev–Trinajstić information content (AvgIpc) is 3.49. The van der Waals surface area contributed by atoms with Crippen LogP contribution in [0.4, 0.5) is 4.79 Å². The standard InChI is InChI=1S/C19H31N3O6S/c1-29(25,26)20-16-3-2-10-21-17(16)11-27-15-8-6-14(7-9-15)22(13-4-5-13)19(24)28-12-18(21)23/h13-17,20H,2-12H2,1H3/t14?,15?,16-,17?/m0/s1. The van der Waals surface area contributed by atoms with E-state index >= 15 is 0 Å². The van der Waals surface area contributed by atoms with E-state index in [1.165, 1.54) is 0 Å². The molecule has 0 aromatic heterocycles. The highest BCUT2D eigenvalue weighted by Crippen LogP contribution is 2.35. The molecular weight excluding hydrogens is 398 g/mol. The third-order valence-corrected chi connectivity index (χ3v) is 7.21. The molecule has 9 nitrogen and oxygen atoms in total. The van der Waals surface area contributed by atoms with Gasteiger partial charge in [-0.2, -0.15) is 0 Å². The van der Waals surface area contributed by atoms with E-state index < -0.39 is 28.2 Å². The SMILES string of the molecule is CS(=O)(=O)N[C@H]1CCCN2C(=O)COC(=O)N(C3CC3)C3CCC(CC3)OCC12. The van der Waals surface area contributed by atoms with Gasteiger partial charge in [0.25, 0.3) is 5.91 Å². The first kappa shape index (κ1) is 20.9. The van der Waals surface area contributed by atoms with Gasteiger partial charge < -0.3 is 19.3 Å². The third kappa shape index (κ3) is 5.03. The van der Waals surface area contributed by atoms with Gasteiger partial charge in [0, 0.05) is 24.7 Å². The van der Waals surface area contributed by atoms with Gasteiger partial charge in [0.05, 0.1) is 25.0 Å². The predicted octanol–water partition coefficient (Wildman–Crippen LogP) is 0.838. The van der Waals surface area contributed by atoms with Crippen molar-refractivity contribution < 1.29 is 27.5 Å². The lowest BCUT2D eigenvalue weighted by Crippen LogP contribution is -2.59. The fourth-order valence-corrected chi connectivity index (χ4v) is 5.76. The quantitative estimate of drug-likeness (QED) is 0.713. The summed E-state index contributed by atoms with van der Waals surface area (Å²) in [5.74, 6) is -0.297. The molecule has 2 bridgehead atoms. The normalized spacial score (nSPS) is 34.7. The highest BCUT2D eigenvalue weighted by atomic mass is 32.2. The lowest BCUT2D eigenvalue weighted by Gasteiger charge is -2.41. The molecule has 0 spiro atoms. The average molecular weight is 430 g/mol. The second kappa shape index (κ2) is 8.39. The van der Waals surface area contributed by atoms with Crippen LogP contribution in [0.1, 0.15) is 51.4 Å². The molecule has 5 aliphatic rings. The van der Waals surface area contributed by atoms with Gasteiger partial charge >= 0.3 is 6.09 Å². The number of piperidine rings is 1. The third-order valence-electron chi connectivity index (χ3n) is 6.47. The van der Waals surface area contributed by atoms with Gasteiger partial charge in [-0.25, -0.2) is 17.9 Å². The first-order valence-corrected chi connectivity index (χ1v) is 12.5. The Labute approximate surface area is 172 Å². The molecule has 0 aromatic rings. The molecule has 2 amide bonds. The number of hydrogen-bond acceptors (Lipinski definition) is 6. The lowest BCUT2D eigenvalue weighted by atomic mass is 9.91. The zero-order valence-electron chi connectivity index (χ0n) is 16.9. The van der Waals surface area contributed by atoms with Crippen molar-refractivity contribution in [3.05, 3.63) is 0 Å². The second-order valence-corrected chi connectivity index (χ2v) is 10.5.